The zero-order valence-electron chi connectivity index (χ0n) is 15.7. The number of halogens is 3. The van der Waals surface area contributed by atoms with Crippen molar-refractivity contribution >= 4 is 10.0 Å². The van der Waals surface area contributed by atoms with Crippen molar-refractivity contribution in [3.63, 3.8) is 0 Å². The minimum atomic E-state index is -4.84. The van der Waals surface area contributed by atoms with Gasteiger partial charge in [0, 0.05) is 30.9 Å². The normalized spacial score (nSPS) is 16.5. The lowest BCUT2D eigenvalue weighted by Gasteiger charge is -2.31. The number of benzene rings is 1. The lowest BCUT2D eigenvalue weighted by molar-refractivity contribution is -0.274. The number of sulfonamides is 1. The van der Waals surface area contributed by atoms with E-state index in [2.05, 4.69) is 15.2 Å². The molecule has 30 heavy (non-hydrogen) atoms. The Bertz CT molecular complexity index is 1000. The number of nitrogens with zero attached hydrogens (tertiary/aromatic N) is 1. The fourth-order valence-electron chi connectivity index (χ4n) is 2.98. The van der Waals surface area contributed by atoms with E-state index in [1.807, 2.05) is 0 Å². The first-order valence-electron chi connectivity index (χ1n) is 9.05. The number of nitrogens with one attached hydrogen (secondary N) is 2. The summed E-state index contributed by atoms with van der Waals surface area (Å²) in [4.78, 5) is 19.4. The van der Waals surface area contributed by atoms with Crippen LogP contribution < -0.4 is 15.8 Å². The zero-order valence-corrected chi connectivity index (χ0v) is 16.5. The Morgan fingerprint density at radius 3 is 2.40 bits per heavy atom. The van der Waals surface area contributed by atoms with Gasteiger partial charge in [-0.15, -0.1) is 13.2 Å². The molecular formula is C18H20F3N3O5S. The molecule has 12 heteroatoms. The molecule has 164 valence electrons. The number of H-pyrrole nitrogens is 1. The summed E-state index contributed by atoms with van der Waals surface area (Å²) in [7, 11) is -3.83. The van der Waals surface area contributed by atoms with Crippen LogP contribution in [-0.4, -0.2) is 43.2 Å². The average Bonchev–Trinajstić information content (AvgIpc) is 2.69. The van der Waals surface area contributed by atoms with Gasteiger partial charge in [0.2, 0.25) is 10.0 Å². The molecular weight excluding hydrogens is 427 g/mol. The van der Waals surface area contributed by atoms with Crippen LogP contribution in [0.3, 0.4) is 0 Å². The van der Waals surface area contributed by atoms with Crippen LogP contribution in [0.5, 0.6) is 5.75 Å². The molecule has 1 aliphatic heterocycles. The van der Waals surface area contributed by atoms with Gasteiger partial charge in [0.25, 0.3) is 5.56 Å². The summed E-state index contributed by atoms with van der Waals surface area (Å²) < 4.78 is 67.1. The van der Waals surface area contributed by atoms with Crippen LogP contribution >= 0.6 is 0 Å². The summed E-state index contributed by atoms with van der Waals surface area (Å²) in [5.74, 6) is -0.487. The number of aromatic nitrogens is 1. The topological polar surface area (TPSA) is 101 Å². The summed E-state index contributed by atoms with van der Waals surface area (Å²) in [6, 6.07) is 7.33. The molecule has 1 aromatic heterocycles. The highest BCUT2D eigenvalue weighted by atomic mass is 32.2. The minimum absolute atomic E-state index is 0.0705. The predicted molar refractivity (Wildman–Crippen MR) is 99.9 cm³/mol. The third-order valence-corrected chi connectivity index (χ3v) is 6.44. The number of hydrogen-bond acceptors (Lipinski definition) is 6. The van der Waals surface area contributed by atoms with Gasteiger partial charge < -0.3 is 9.72 Å². The Balaban J connectivity index is 1.51. The molecule has 0 atom stereocenters. The van der Waals surface area contributed by atoms with Crippen LogP contribution in [-0.2, 0) is 21.5 Å². The van der Waals surface area contributed by atoms with Crippen molar-refractivity contribution in [2.24, 2.45) is 0 Å². The number of alkyl halides is 3. The Hall–Kier alpha value is -2.41. The summed E-state index contributed by atoms with van der Waals surface area (Å²) in [6.07, 6.45) is -2.38. The van der Waals surface area contributed by atoms with Gasteiger partial charge in [0.15, 0.2) is 0 Å². The Kier molecular flexibility index (Phi) is 6.81. The molecule has 3 rings (SSSR count). The fourth-order valence-corrected chi connectivity index (χ4v) is 4.45. The van der Waals surface area contributed by atoms with Crippen molar-refractivity contribution in [3.05, 3.63) is 58.5 Å². The fraction of sp³-hybridized carbons (Fsp3) is 0.389. The predicted octanol–water partition coefficient (Wildman–Crippen LogP) is 2.15. The molecule has 1 aliphatic rings. The number of hydrogen-bond donors (Lipinski definition) is 2. The van der Waals surface area contributed by atoms with Gasteiger partial charge in [-0.25, -0.2) is 8.42 Å². The van der Waals surface area contributed by atoms with Crippen LogP contribution in [0.2, 0.25) is 0 Å². The van der Waals surface area contributed by atoms with Crippen molar-refractivity contribution in [2.45, 2.75) is 36.7 Å². The molecule has 2 aromatic rings. The second-order valence-electron chi connectivity index (χ2n) is 6.63. The van der Waals surface area contributed by atoms with Crippen LogP contribution in [0.4, 0.5) is 13.2 Å². The molecule has 0 saturated carbocycles. The van der Waals surface area contributed by atoms with E-state index in [9.17, 15) is 26.4 Å². The minimum Gasteiger partial charge on any atom is -0.406 e. The van der Waals surface area contributed by atoms with Crippen molar-refractivity contribution < 1.29 is 31.2 Å². The Morgan fingerprint density at radius 1 is 1.13 bits per heavy atom. The summed E-state index contributed by atoms with van der Waals surface area (Å²) in [5, 5.41) is 0. The second kappa shape index (κ2) is 9.16. The molecule has 1 fully saturated rings. The lowest BCUT2D eigenvalue weighted by atomic mass is 10.1. The largest absolute Gasteiger partial charge is 0.573 e. The van der Waals surface area contributed by atoms with E-state index in [0.717, 1.165) is 24.3 Å². The maximum Gasteiger partial charge on any atom is 0.573 e. The van der Waals surface area contributed by atoms with Crippen molar-refractivity contribution in [1.82, 2.24) is 14.8 Å². The monoisotopic (exact) mass is 447 g/mol. The molecule has 1 saturated heterocycles. The molecule has 0 bridgehead atoms. The van der Waals surface area contributed by atoms with Crippen molar-refractivity contribution in [3.8, 4) is 5.75 Å². The highest BCUT2D eigenvalue weighted by Crippen LogP contribution is 2.26. The van der Waals surface area contributed by atoms with E-state index in [1.54, 1.807) is 12.1 Å². The molecule has 2 heterocycles. The van der Waals surface area contributed by atoms with E-state index in [1.165, 1.54) is 10.5 Å². The van der Waals surface area contributed by atoms with Crippen LogP contribution in [0.25, 0.3) is 0 Å². The van der Waals surface area contributed by atoms with Crippen molar-refractivity contribution in [2.75, 3.05) is 13.1 Å². The highest BCUT2D eigenvalue weighted by molar-refractivity contribution is 7.89. The van der Waals surface area contributed by atoms with Gasteiger partial charge in [-0.3, -0.25) is 9.63 Å². The number of piperidine rings is 1. The molecule has 8 nitrogen and oxygen atoms in total. The molecule has 0 aliphatic carbocycles. The van der Waals surface area contributed by atoms with Crippen LogP contribution in [0.1, 0.15) is 18.4 Å². The third-order valence-electron chi connectivity index (χ3n) is 4.53. The van der Waals surface area contributed by atoms with E-state index in [-0.39, 0.29) is 36.2 Å². The van der Waals surface area contributed by atoms with E-state index in [4.69, 9.17) is 4.84 Å². The van der Waals surface area contributed by atoms with E-state index < -0.39 is 22.1 Å². The standard InChI is InChI=1S/C18H20F3N3O5S/c19-18(20,21)29-15-3-5-16(6-4-15)30(26,27)24-10-7-14(8-11-24)23-28-12-13-2-1-9-22-17(13)25/h1-6,9,14,23H,7-8,10-12H2,(H,22,25). The highest BCUT2D eigenvalue weighted by Gasteiger charge is 2.32. The van der Waals surface area contributed by atoms with Crippen LogP contribution in [0, 0.1) is 0 Å². The number of rotatable bonds is 7. The van der Waals surface area contributed by atoms with Gasteiger partial charge in [-0.2, -0.15) is 9.79 Å². The molecule has 0 amide bonds. The lowest BCUT2D eigenvalue weighted by Crippen LogP contribution is -2.44. The molecule has 2 N–H and O–H groups in total. The number of hydroxylamine groups is 1. The van der Waals surface area contributed by atoms with Gasteiger partial charge in [0.1, 0.15) is 5.75 Å². The zero-order chi connectivity index (χ0) is 21.8. The van der Waals surface area contributed by atoms with E-state index >= 15 is 0 Å². The first-order chi connectivity index (χ1) is 14.1. The molecule has 0 spiro atoms. The number of pyridine rings is 1. The maximum atomic E-state index is 12.7. The van der Waals surface area contributed by atoms with Crippen LogP contribution in [0.15, 0.2) is 52.3 Å². The third kappa shape index (κ3) is 5.81. The molecule has 1 aromatic carbocycles. The number of aromatic amines is 1. The maximum absolute atomic E-state index is 12.7. The van der Waals surface area contributed by atoms with Crippen molar-refractivity contribution in [1.29, 1.82) is 0 Å². The van der Waals surface area contributed by atoms with Gasteiger partial charge in [0.05, 0.1) is 11.5 Å². The molecule has 0 unspecified atom stereocenters. The summed E-state index contributed by atoms with van der Waals surface area (Å²) >= 11 is 0. The summed E-state index contributed by atoms with van der Waals surface area (Å²) in [5.41, 5.74) is 3.06. The van der Waals surface area contributed by atoms with Gasteiger partial charge >= 0.3 is 6.36 Å². The smallest absolute Gasteiger partial charge is 0.406 e. The van der Waals surface area contributed by atoms with E-state index in [0.29, 0.717) is 18.4 Å². The average molecular weight is 447 g/mol. The quantitative estimate of drug-likeness (QED) is 0.631. The first kappa shape index (κ1) is 22.3. The van der Waals surface area contributed by atoms with Gasteiger partial charge in [-0.1, -0.05) is 0 Å². The SMILES string of the molecule is O=c1[nH]cccc1CONC1CCN(S(=O)(=O)c2ccc(OC(F)(F)F)cc2)CC1. The second-order valence-corrected chi connectivity index (χ2v) is 8.57. The Labute approximate surface area is 170 Å². The summed E-state index contributed by atoms with van der Waals surface area (Å²) in [6.45, 7) is 0.507. The van der Waals surface area contributed by atoms with Gasteiger partial charge in [-0.05, 0) is 49.2 Å². The number of ether oxygens (including phenoxy) is 1. The first-order valence-corrected chi connectivity index (χ1v) is 10.5. The Morgan fingerprint density at radius 2 is 1.80 bits per heavy atom. The molecule has 0 radical (unpaired) electrons.